The molecule has 2 amide bonds. The summed E-state index contributed by atoms with van der Waals surface area (Å²) in [5.74, 6) is -0.200. The van der Waals surface area contributed by atoms with E-state index in [-0.39, 0.29) is 17.5 Å². The maximum atomic E-state index is 13.0. The molecule has 2 N–H and O–H groups in total. The second-order valence-electron chi connectivity index (χ2n) is 6.31. The smallest absolute Gasteiger partial charge is 0.276 e. The average Bonchev–Trinajstić information content (AvgIpc) is 3.15. The molecule has 1 aliphatic rings. The molecule has 1 aliphatic heterocycles. The van der Waals surface area contributed by atoms with Crippen LogP contribution >= 0.6 is 39.1 Å². The molecule has 0 bridgehead atoms. The molecule has 0 radical (unpaired) electrons. The number of carbonyl (C=O) groups is 2. The van der Waals surface area contributed by atoms with Gasteiger partial charge in [-0.25, -0.2) is 5.01 Å². The minimum Gasteiger partial charge on any atom is -0.482 e. The normalized spacial score (nSPS) is 15.4. The Bertz CT molecular complexity index is 1120. The maximum absolute atomic E-state index is 13.0. The molecular formula is C20H14BrCl2N3O4. The van der Waals surface area contributed by atoms with E-state index < -0.39 is 12.1 Å². The lowest BCUT2D eigenvalue weighted by molar-refractivity contribution is -0.127. The van der Waals surface area contributed by atoms with Crippen LogP contribution in [0, 0.1) is 0 Å². The highest BCUT2D eigenvalue weighted by Gasteiger charge is 2.36. The molecule has 1 unspecified atom stereocenters. The summed E-state index contributed by atoms with van der Waals surface area (Å²) in [6.45, 7) is -0.360. The van der Waals surface area contributed by atoms with Crippen molar-refractivity contribution in [1.29, 1.82) is 0 Å². The van der Waals surface area contributed by atoms with E-state index in [1.54, 1.807) is 42.5 Å². The van der Waals surface area contributed by atoms with Crippen molar-refractivity contribution in [3.8, 4) is 5.75 Å². The SMILES string of the molecule is O=C(COc1ccc(Cl)cc1Cl)NN1C(=O)c2ccccc2NC1c1ccc(Br)o1. The number of ether oxygens (including phenoxy) is 1. The molecule has 30 heavy (non-hydrogen) atoms. The second-order valence-corrected chi connectivity index (χ2v) is 7.93. The Balaban J connectivity index is 1.53. The van der Waals surface area contributed by atoms with Crippen LogP contribution in [0.5, 0.6) is 5.75 Å². The fourth-order valence-corrected chi connectivity index (χ4v) is 3.73. The first-order valence-corrected chi connectivity index (χ1v) is 10.3. The standard InChI is InChI=1S/C20H14BrCl2N3O4/c21-17-8-7-16(30-17)19-24-14-4-2-1-3-12(14)20(28)26(19)25-18(27)10-29-15-6-5-11(22)9-13(15)23/h1-9,19,24H,10H2,(H,25,27). The van der Waals surface area contributed by atoms with E-state index in [0.29, 0.717) is 32.5 Å². The van der Waals surface area contributed by atoms with Crippen LogP contribution < -0.4 is 15.5 Å². The van der Waals surface area contributed by atoms with E-state index in [2.05, 4.69) is 26.7 Å². The van der Waals surface area contributed by atoms with Crippen LogP contribution in [0.25, 0.3) is 0 Å². The van der Waals surface area contributed by atoms with Gasteiger partial charge in [0.05, 0.1) is 10.6 Å². The number of halogens is 3. The number of nitrogens with one attached hydrogen (secondary N) is 2. The van der Waals surface area contributed by atoms with Crippen molar-refractivity contribution >= 4 is 56.6 Å². The largest absolute Gasteiger partial charge is 0.482 e. The molecule has 3 aromatic rings. The summed E-state index contributed by atoms with van der Waals surface area (Å²) < 4.78 is 11.6. The van der Waals surface area contributed by atoms with Crippen molar-refractivity contribution in [3.05, 3.63) is 80.6 Å². The second kappa shape index (κ2) is 8.59. The average molecular weight is 511 g/mol. The summed E-state index contributed by atoms with van der Waals surface area (Å²) in [6, 6.07) is 15.1. The molecule has 0 fully saturated rings. The van der Waals surface area contributed by atoms with Gasteiger partial charge in [-0.05, 0) is 58.4 Å². The number of nitrogens with zero attached hydrogens (tertiary/aromatic N) is 1. The predicted octanol–water partition coefficient (Wildman–Crippen LogP) is 5.03. The minimum atomic E-state index is -0.748. The van der Waals surface area contributed by atoms with E-state index >= 15 is 0 Å². The molecule has 2 heterocycles. The highest BCUT2D eigenvalue weighted by atomic mass is 79.9. The molecule has 2 aromatic carbocycles. The molecule has 0 spiro atoms. The number of anilines is 1. The van der Waals surface area contributed by atoms with Gasteiger partial charge in [-0.15, -0.1) is 0 Å². The number of hydrazine groups is 1. The molecule has 0 saturated heterocycles. The summed E-state index contributed by atoms with van der Waals surface area (Å²) in [4.78, 5) is 25.6. The van der Waals surface area contributed by atoms with Gasteiger partial charge >= 0.3 is 0 Å². The quantitative estimate of drug-likeness (QED) is 0.503. The van der Waals surface area contributed by atoms with Gasteiger partial charge in [0, 0.05) is 10.7 Å². The third-order valence-electron chi connectivity index (χ3n) is 4.29. The van der Waals surface area contributed by atoms with Gasteiger partial charge in [0.15, 0.2) is 17.4 Å². The van der Waals surface area contributed by atoms with Crippen LogP contribution in [0.1, 0.15) is 22.3 Å². The summed E-state index contributed by atoms with van der Waals surface area (Å²) in [5.41, 5.74) is 3.63. The van der Waals surface area contributed by atoms with Crippen LogP contribution in [0.2, 0.25) is 10.0 Å². The van der Waals surface area contributed by atoms with Gasteiger partial charge in [-0.2, -0.15) is 0 Å². The molecule has 4 rings (SSSR count). The van der Waals surface area contributed by atoms with E-state index in [1.807, 2.05) is 6.07 Å². The first-order valence-electron chi connectivity index (χ1n) is 8.74. The van der Waals surface area contributed by atoms with E-state index in [4.69, 9.17) is 32.4 Å². The number of hydrogen-bond acceptors (Lipinski definition) is 5. The summed E-state index contributed by atoms with van der Waals surface area (Å²) in [6.07, 6.45) is -0.748. The minimum absolute atomic E-state index is 0.276. The molecule has 7 nitrogen and oxygen atoms in total. The number of furan rings is 1. The Labute approximate surface area is 190 Å². The molecule has 0 saturated carbocycles. The van der Waals surface area contributed by atoms with Crippen LogP contribution in [0.4, 0.5) is 5.69 Å². The van der Waals surface area contributed by atoms with Gasteiger partial charge in [0.25, 0.3) is 11.8 Å². The Morgan fingerprint density at radius 3 is 2.73 bits per heavy atom. The zero-order valence-electron chi connectivity index (χ0n) is 15.2. The van der Waals surface area contributed by atoms with Crippen LogP contribution in [0.15, 0.2) is 63.7 Å². The number of rotatable bonds is 5. The Morgan fingerprint density at radius 1 is 1.20 bits per heavy atom. The Kier molecular flexibility index (Phi) is 5.90. The Hall–Kier alpha value is -2.68. The zero-order valence-corrected chi connectivity index (χ0v) is 18.3. The van der Waals surface area contributed by atoms with Crippen molar-refractivity contribution in [1.82, 2.24) is 10.4 Å². The van der Waals surface area contributed by atoms with Crippen molar-refractivity contribution in [3.63, 3.8) is 0 Å². The third kappa shape index (κ3) is 4.26. The number of amides is 2. The lowest BCUT2D eigenvalue weighted by atomic mass is 10.1. The molecule has 10 heteroatoms. The summed E-state index contributed by atoms with van der Waals surface area (Å²) in [7, 11) is 0. The number of benzene rings is 2. The van der Waals surface area contributed by atoms with Crippen LogP contribution in [-0.4, -0.2) is 23.4 Å². The molecule has 154 valence electrons. The first kappa shape index (κ1) is 20.6. The van der Waals surface area contributed by atoms with E-state index in [1.165, 1.54) is 11.1 Å². The lowest BCUT2D eigenvalue weighted by Crippen LogP contribution is -2.53. The fraction of sp³-hybridized carbons (Fsp3) is 0.100. The fourth-order valence-electron chi connectivity index (χ4n) is 2.95. The predicted molar refractivity (Wildman–Crippen MR) is 115 cm³/mol. The molecular weight excluding hydrogens is 497 g/mol. The highest BCUT2D eigenvalue weighted by molar-refractivity contribution is 9.10. The molecule has 1 aromatic heterocycles. The third-order valence-corrected chi connectivity index (χ3v) is 5.24. The monoisotopic (exact) mass is 509 g/mol. The van der Waals surface area contributed by atoms with Gasteiger partial charge in [0.1, 0.15) is 11.5 Å². The maximum Gasteiger partial charge on any atom is 0.276 e. The number of hydrogen-bond donors (Lipinski definition) is 2. The lowest BCUT2D eigenvalue weighted by Gasteiger charge is -2.36. The van der Waals surface area contributed by atoms with Crippen molar-refractivity contribution < 1.29 is 18.7 Å². The van der Waals surface area contributed by atoms with Gasteiger partial charge in [-0.3, -0.25) is 15.0 Å². The summed E-state index contributed by atoms with van der Waals surface area (Å²) >= 11 is 15.2. The highest BCUT2D eigenvalue weighted by Crippen LogP contribution is 2.33. The van der Waals surface area contributed by atoms with Gasteiger partial charge in [0.2, 0.25) is 0 Å². The van der Waals surface area contributed by atoms with Crippen molar-refractivity contribution in [2.45, 2.75) is 6.17 Å². The van der Waals surface area contributed by atoms with Crippen molar-refractivity contribution in [2.75, 3.05) is 11.9 Å². The Morgan fingerprint density at radius 2 is 2.00 bits per heavy atom. The topological polar surface area (TPSA) is 83.8 Å². The number of carbonyl (C=O) groups excluding carboxylic acids is 2. The van der Waals surface area contributed by atoms with E-state index in [0.717, 1.165) is 0 Å². The van der Waals surface area contributed by atoms with Crippen molar-refractivity contribution in [2.24, 2.45) is 0 Å². The van der Waals surface area contributed by atoms with Crippen LogP contribution in [-0.2, 0) is 4.79 Å². The van der Waals surface area contributed by atoms with E-state index in [9.17, 15) is 9.59 Å². The van der Waals surface area contributed by atoms with Gasteiger partial charge in [-0.1, -0.05) is 35.3 Å². The first-order chi connectivity index (χ1) is 14.4. The number of para-hydroxylation sites is 1. The molecule has 0 aliphatic carbocycles. The van der Waals surface area contributed by atoms with Gasteiger partial charge < -0.3 is 14.5 Å². The zero-order chi connectivity index (χ0) is 21.3. The summed E-state index contributed by atoms with van der Waals surface area (Å²) in [5, 5.41) is 5.10. The molecule has 1 atom stereocenters. The van der Waals surface area contributed by atoms with Crippen LogP contribution in [0.3, 0.4) is 0 Å². The number of fused-ring (bicyclic) bond motifs is 1.